The normalized spacial score (nSPS) is 10.5. The van der Waals surface area contributed by atoms with Gasteiger partial charge in [0.25, 0.3) is 0 Å². The van der Waals surface area contributed by atoms with Crippen LogP contribution in [-0.4, -0.2) is 0 Å². The number of rotatable bonds is 6. The standard InChI is InChI=1S/C21H19ClFNO/c1-15-5-2-3-7-17(15)14-25-19-8-4-6-16(11-19)13-24-18-9-10-21(23)20(22)12-18/h2-12,24H,13-14H2,1H3. The van der Waals surface area contributed by atoms with Crippen LogP contribution in [0.3, 0.4) is 0 Å². The van der Waals surface area contributed by atoms with Crippen LogP contribution in [0.15, 0.2) is 66.7 Å². The molecule has 0 saturated heterocycles. The molecule has 4 heteroatoms. The molecule has 0 amide bonds. The fraction of sp³-hybridized carbons (Fsp3) is 0.143. The number of benzene rings is 3. The second-order valence-electron chi connectivity index (χ2n) is 5.85. The Morgan fingerprint density at radius 1 is 1.00 bits per heavy atom. The number of halogens is 2. The first-order valence-corrected chi connectivity index (χ1v) is 8.45. The van der Waals surface area contributed by atoms with Crippen molar-refractivity contribution >= 4 is 17.3 Å². The van der Waals surface area contributed by atoms with Gasteiger partial charge in [0, 0.05) is 12.2 Å². The summed E-state index contributed by atoms with van der Waals surface area (Å²) in [6, 6.07) is 20.7. The zero-order valence-corrected chi connectivity index (χ0v) is 14.7. The zero-order valence-electron chi connectivity index (χ0n) is 13.9. The third-order valence-corrected chi connectivity index (χ3v) is 4.26. The molecule has 3 aromatic carbocycles. The van der Waals surface area contributed by atoms with E-state index in [0.717, 1.165) is 17.0 Å². The van der Waals surface area contributed by atoms with Gasteiger partial charge in [0.15, 0.2) is 0 Å². The Morgan fingerprint density at radius 3 is 2.64 bits per heavy atom. The van der Waals surface area contributed by atoms with Crippen LogP contribution in [0, 0.1) is 12.7 Å². The first-order valence-electron chi connectivity index (χ1n) is 8.07. The predicted octanol–water partition coefficient (Wildman–Crippen LogP) is 5.98. The summed E-state index contributed by atoms with van der Waals surface area (Å²) >= 11 is 5.80. The molecular weight excluding hydrogens is 337 g/mol. The molecule has 0 spiro atoms. The minimum atomic E-state index is -0.418. The third-order valence-electron chi connectivity index (χ3n) is 3.97. The van der Waals surface area contributed by atoms with E-state index in [2.05, 4.69) is 24.4 Å². The molecule has 0 fully saturated rings. The van der Waals surface area contributed by atoms with E-state index >= 15 is 0 Å². The second kappa shape index (κ2) is 8.04. The van der Waals surface area contributed by atoms with Gasteiger partial charge in [-0.3, -0.25) is 0 Å². The van der Waals surface area contributed by atoms with Crippen molar-refractivity contribution in [3.05, 3.63) is 94.3 Å². The summed E-state index contributed by atoms with van der Waals surface area (Å²) in [6.45, 7) is 3.22. The molecule has 2 nitrogen and oxygen atoms in total. The van der Waals surface area contributed by atoms with Gasteiger partial charge in [-0.1, -0.05) is 48.0 Å². The van der Waals surface area contributed by atoms with Crippen LogP contribution in [0.25, 0.3) is 0 Å². The molecule has 0 bridgehead atoms. The maximum absolute atomic E-state index is 13.2. The molecule has 3 aromatic rings. The Bertz CT molecular complexity index is 866. The molecule has 0 aliphatic carbocycles. The molecule has 0 saturated carbocycles. The average molecular weight is 356 g/mol. The summed E-state index contributed by atoms with van der Waals surface area (Å²) in [5.41, 5.74) is 4.24. The van der Waals surface area contributed by atoms with Gasteiger partial charge >= 0.3 is 0 Å². The largest absolute Gasteiger partial charge is 0.489 e. The topological polar surface area (TPSA) is 21.3 Å². The summed E-state index contributed by atoms with van der Waals surface area (Å²) in [5.74, 6) is 0.401. The molecular formula is C21H19ClFNO. The summed E-state index contributed by atoms with van der Waals surface area (Å²) in [4.78, 5) is 0. The van der Waals surface area contributed by atoms with Crippen molar-refractivity contribution in [3.63, 3.8) is 0 Å². The van der Waals surface area contributed by atoms with Crippen LogP contribution in [-0.2, 0) is 13.2 Å². The van der Waals surface area contributed by atoms with E-state index in [1.807, 2.05) is 36.4 Å². The highest BCUT2D eigenvalue weighted by Gasteiger charge is 2.03. The van der Waals surface area contributed by atoms with Crippen LogP contribution >= 0.6 is 11.6 Å². The van der Waals surface area contributed by atoms with E-state index in [1.54, 1.807) is 12.1 Å². The summed E-state index contributed by atoms with van der Waals surface area (Å²) in [6.07, 6.45) is 0. The highest BCUT2D eigenvalue weighted by Crippen LogP contribution is 2.21. The Hall–Kier alpha value is -2.52. The fourth-order valence-electron chi connectivity index (χ4n) is 2.49. The lowest BCUT2D eigenvalue weighted by atomic mass is 10.1. The number of anilines is 1. The van der Waals surface area contributed by atoms with E-state index in [4.69, 9.17) is 16.3 Å². The number of nitrogens with one attached hydrogen (secondary N) is 1. The van der Waals surface area contributed by atoms with Crippen molar-refractivity contribution in [2.24, 2.45) is 0 Å². The first-order chi connectivity index (χ1) is 12.1. The van der Waals surface area contributed by atoms with Crippen LogP contribution in [0.5, 0.6) is 5.75 Å². The van der Waals surface area contributed by atoms with Crippen LogP contribution in [0.2, 0.25) is 5.02 Å². The quantitative estimate of drug-likeness (QED) is 0.587. The van der Waals surface area contributed by atoms with E-state index in [0.29, 0.717) is 13.2 Å². The van der Waals surface area contributed by atoms with Crippen LogP contribution in [0.1, 0.15) is 16.7 Å². The molecule has 0 aliphatic heterocycles. The maximum Gasteiger partial charge on any atom is 0.141 e. The van der Waals surface area contributed by atoms with Gasteiger partial charge in [0.1, 0.15) is 18.2 Å². The number of hydrogen-bond donors (Lipinski definition) is 1. The number of hydrogen-bond acceptors (Lipinski definition) is 2. The Labute approximate surface area is 152 Å². The van der Waals surface area contributed by atoms with Gasteiger partial charge in [-0.05, 0) is 53.9 Å². The monoisotopic (exact) mass is 355 g/mol. The van der Waals surface area contributed by atoms with Crippen LogP contribution < -0.4 is 10.1 Å². The van der Waals surface area contributed by atoms with Gasteiger partial charge in [-0.2, -0.15) is 0 Å². The zero-order chi connectivity index (χ0) is 17.6. The molecule has 0 unspecified atom stereocenters. The highest BCUT2D eigenvalue weighted by molar-refractivity contribution is 6.31. The molecule has 25 heavy (non-hydrogen) atoms. The summed E-state index contributed by atoms with van der Waals surface area (Å²) in [7, 11) is 0. The highest BCUT2D eigenvalue weighted by atomic mass is 35.5. The lowest BCUT2D eigenvalue weighted by Gasteiger charge is -2.11. The lowest BCUT2D eigenvalue weighted by molar-refractivity contribution is 0.305. The first kappa shape index (κ1) is 17.3. The average Bonchev–Trinajstić information content (AvgIpc) is 2.62. The summed E-state index contributed by atoms with van der Waals surface area (Å²) < 4.78 is 19.1. The minimum absolute atomic E-state index is 0.111. The van der Waals surface area contributed by atoms with E-state index in [-0.39, 0.29) is 5.02 Å². The Kier molecular flexibility index (Phi) is 5.56. The van der Waals surface area contributed by atoms with E-state index in [1.165, 1.54) is 17.2 Å². The van der Waals surface area contributed by atoms with Crippen molar-refractivity contribution in [2.75, 3.05) is 5.32 Å². The van der Waals surface area contributed by atoms with Gasteiger partial charge in [0.05, 0.1) is 5.02 Å². The smallest absolute Gasteiger partial charge is 0.141 e. The second-order valence-corrected chi connectivity index (χ2v) is 6.25. The van der Waals surface area contributed by atoms with Crippen LogP contribution in [0.4, 0.5) is 10.1 Å². The molecule has 3 rings (SSSR count). The molecule has 0 radical (unpaired) electrons. The minimum Gasteiger partial charge on any atom is -0.489 e. The third kappa shape index (κ3) is 4.74. The van der Waals surface area contributed by atoms with Crippen molar-refractivity contribution in [1.29, 1.82) is 0 Å². The Morgan fingerprint density at radius 2 is 1.84 bits per heavy atom. The van der Waals surface area contributed by atoms with Crippen molar-refractivity contribution in [2.45, 2.75) is 20.1 Å². The van der Waals surface area contributed by atoms with Gasteiger partial charge in [-0.15, -0.1) is 0 Å². The van der Waals surface area contributed by atoms with Gasteiger partial charge < -0.3 is 10.1 Å². The van der Waals surface area contributed by atoms with Gasteiger partial charge in [-0.25, -0.2) is 4.39 Å². The number of ether oxygens (including phenoxy) is 1. The van der Waals surface area contributed by atoms with Crippen molar-refractivity contribution < 1.29 is 9.13 Å². The molecule has 0 aromatic heterocycles. The molecule has 1 N–H and O–H groups in total. The number of aryl methyl sites for hydroxylation is 1. The lowest BCUT2D eigenvalue weighted by Crippen LogP contribution is -2.01. The van der Waals surface area contributed by atoms with Crippen molar-refractivity contribution in [1.82, 2.24) is 0 Å². The fourth-order valence-corrected chi connectivity index (χ4v) is 2.67. The predicted molar refractivity (Wildman–Crippen MR) is 101 cm³/mol. The SMILES string of the molecule is Cc1ccccc1COc1cccc(CNc2ccc(F)c(Cl)c2)c1. The van der Waals surface area contributed by atoms with Crippen molar-refractivity contribution in [3.8, 4) is 5.75 Å². The van der Waals surface area contributed by atoms with E-state index in [9.17, 15) is 4.39 Å². The molecule has 0 aliphatic rings. The van der Waals surface area contributed by atoms with Gasteiger partial charge in [0.2, 0.25) is 0 Å². The maximum atomic E-state index is 13.2. The Balaban J connectivity index is 1.61. The summed E-state index contributed by atoms with van der Waals surface area (Å²) in [5, 5.41) is 3.34. The molecule has 128 valence electrons. The molecule has 0 atom stereocenters. The molecule has 0 heterocycles. The van der Waals surface area contributed by atoms with E-state index < -0.39 is 5.82 Å².